The highest BCUT2D eigenvalue weighted by Gasteiger charge is 2.23. The quantitative estimate of drug-likeness (QED) is 0.362. The van der Waals surface area contributed by atoms with Crippen LogP contribution in [0.2, 0.25) is 5.28 Å². The minimum Gasteiger partial charge on any atom is -0.497 e. The molecule has 38 heavy (non-hydrogen) atoms. The number of nitrogens with one attached hydrogen (secondary N) is 1. The molecule has 2 atom stereocenters. The second-order valence-electron chi connectivity index (χ2n) is 8.61. The van der Waals surface area contributed by atoms with Gasteiger partial charge in [-0.05, 0) is 60.8 Å². The summed E-state index contributed by atoms with van der Waals surface area (Å²) < 4.78 is 10.4. The molecule has 0 saturated heterocycles. The van der Waals surface area contributed by atoms with E-state index in [0.29, 0.717) is 23.8 Å². The van der Waals surface area contributed by atoms with Gasteiger partial charge in [0.05, 0.1) is 13.2 Å². The zero-order valence-corrected chi connectivity index (χ0v) is 22.6. The van der Waals surface area contributed by atoms with Gasteiger partial charge in [0.2, 0.25) is 17.2 Å². The van der Waals surface area contributed by atoms with E-state index < -0.39 is 18.1 Å². The van der Waals surface area contributed by atoms with Crippen molar-refractivity contribution in [3.63, 3.8) is 0 Å². The molecular weight excluding hydrogens is 512 g/mol. The predicted molar refractivity (Wildman–Crippen MR) is 144 cm³/mol. The molecule has 2 N–H and O–H groups in total. The van der Waals surface area contributed by atoms with Crippen LogP contribution in [0.1, 0.15) is 31.0 Å². The molecule has 1 unspecified atom stereocenters. The van der Waals surface area contributed by atoms with Crippen LogP contribution in [0.25, 0.3) is 0 Å². The number of anilines is 2. The Balaban J connectivity index is 1.77. The average molecular weight is 543 g/mol. The van der Waals surface area contributed by atoms with E-state index in [0.717, 1.165) is 11.3 Å². The summed E-state index contributed by atoms with van der Waals surface area (Å²) in [5.41, 5.74) is 1.72. The van der Waals surface area contributed by atoms with Crippen molar-refractivity contribution in [1.29, 1.82) is 0 Å². The number of aromatic nitrogens is 3. The number of carboxylic acids is 1. The highest BCUT2D eigenvalue weighted by Crippen LogP contribution is 2.27. The molecule has 1 heterocycles. The highest BCUT2D eigenvalue weighted by atomic mass is 35.5. The van der Waals surface area contributed by atoms with Gasteiger partial charge in [-0.3, -0.25) is 0 Å². The molecule has 11 nitrogen and oxygen atoms in total. The van der Waals surface area contributed by atoms with Gasteiger partial charge in [0.1, 0.15) is 17.5 Å². The van der Waals surface area contributed by atoms with Crippen molar-refractivity contribution in [2.75, 3.05) is 38.0 Å². The smallest absolute Gasteiger partial charge is 0.414 e. The van der Waals surface area contributed by atoms with E-state index >= 15 is 0 Å². The second kappa shape index (κ2) is 12.9. The number of carbonyl (C=O) groups excluding carboxylic acids is 1. The summed E-state index contributed by atoms with van der Waals surface area (Å²) in [6.45, 7) is 4.54. The molecule has 3 aromatic rings. The fourth-order valence-corrected chi connectivity index (χ4v) is 3.82. The molecule has 1 aromatic heterocycles. The van der Waals surface area contributed by atoms with E-state index in [1.807, 2.05) is 43.0 Å². The van der Waals surface area contributed by atoms with Gasteiger partial charge >= 0.3 is 12.1 Å². The Bertz CT molecular complexity index is 1240. The first kappa shape index (κ1) is 28.5. The number of halogens is 1. The summed E-state index contributed by atoms with van der Waals surface area (Å²) in [5, 5.41) is 12.6. The molecule has 0 radical (unpaired) electrons. The van der Waals surface area contributed by atoms with Gasteiger partial charge in [-0.15, -0.1) is 0 Å². The molecule has 0 aliphatic rings. The molecule has 0 aliphatic carbocycles. The summed E-state index contributed by atoms with van der Waals surface area (Å²) in [7, 11) is 4.77. The lowest BCUT2D eigenvalue weighted by Crippen LogP contribution is -2.33. The predicted octanol–water partition coefficient (Wildman–Crippen LogP) is 4.29. The molecule has 0 saturated carbocycles. The number of carbonyl (C=O) groups is 2. The van der Waals surface area contributed by atoms with Crippen molar-refractivity contribution < 1.29 is 24.2 Å². The third kappa shape index (κ3) is 7.45. The zero-order valence-electron chi connectivity index (χ0n) is 21.9. The number of rotatable bonds is 11. The maximum absolute atomic E-state index is 12.0. The van der Waals surface area contributed by atoms with Crippen LogP contribution in [-0.2, 0) is 11.2 Å². The summed E-state index contributed by atoms with van der Waals surface area (Å²) in [4.78, 5) is 39.8. The van der Waals surface area contributed by atoms with Crippen molar-refractivity contribution in [1.82, 2.24) is 19.9 Å². The lowest BCUT2D eigenvalue weighted by Gasteiger charge is -2.28. The molecule has 3 rings (SSSR count). The van der Waals surface area contributed by atoms with Gasteiger partial charge in [0, 0.05) is 27.1 Å². The van der Waals surface area contributed by atoms with Gasteiger partial charge in [0.15, 0.2) is 0 Å². The van der Waals surface area contributed by atoms with E-state index in [-0.39, 0.29) is 23.7 Å². The van der Waals surface area contributed by atoms with Crippen LogP contribution in [0.4, 0.5) is 16.7 Å². The lowest BCUT2D eigenvalue weighted by molar-refractivity contribution is -0.137. The molecular formula is C26H31ClN6O5. The molecule has 202 valence electrons. The van der Waals surface area contributed by atoms with Crippen molar-refractivity contribution in [2.45, 2.75) is 32.4 Å². The van der Waals surface area contributed by atoms with Gasteiger partial charge in [-0.25, -0.2) is 9.59 Å². The number of methoxy groups -OCH3 is 1. The first-order valence-corrected chi connectivity index (χ1v) is 12.3. The van der Waals surface area contributed by atoms with Crippen LogP contribution in [0.15, 0.2) is 48.5 Å². The number of aliphatic carboxylic acids is 1. The van der Waals surface area contributed by atoms with Crippen molar-refractivity contribution >= 4 is 35.6 Å². The molecule has 0 fully saturated rings. The van der Waals surface area contributed by atoms with Crippen LogP contribution in [0.3, 0.4) is 0 Å². The third-order valence-corrected chi connectivity index (χ3v) is 5.96. The summed E-state index contributed by atoms with van der Waals surface area (Å²) in [6, 6.07) is 13.1. The number of hydrogen-bond donors (Lipinski definition) is 2. The fraction of sp³-hybridized carbons (Fsp3) is 0.346. The summed E-state index contributed by atoms with van der Waals surface area (Å²) in [5.74, 6) is 0.374. The van der Waals surface area contributed by atoms with Crippen LogP contribution in [0.5, 0.6) is 11.5 Å². The lowest BCUT2D eigenvalue weighted by atomic mass is 10.1. The van der Waals surface area contributed by atoms with Crippen molar-refractivity contribution in [3.8, 4) is 11.5 Å². The van der Waals surface area contributed by atoms with Crippen LogP contribution < -0.4 is 19.7 Å². The molecule has 0 spiro atoms. The normalized spacial score (nSPS) is 12.3. The maximum Gasteiger partial charge on any atom is 0.414 e. The van der Waals surface area contributed by atoms with Crippen molar-refractivity contribution in [3.05, 3.63) is 64.9 Å². The third-order valence-electron chi connectivity index (χ3n) is 5.79. The van der Waals surface area contributed by atoms with Gasteiger partial charge in [-0.1, -0.05) is 24.3 Å². The number of nitrogens with zero attached hydrogens (tertiary/aromatic N) is 5. The molecule has 1 amide bonds. The fourth-order valence-electron chi connectivity index (χ4n) is 3.66. The first-order chi connectivity index (χ1) is 18.1. The average Bonchev–Trinajstić information content (AvgIpc) is 2.89. The highest BCUT2D eigenvalue weighted by molar-refractivity contribution is 6.28. The van der Waals surface area contributed by atoms with Crippen LogP contribution >= 0.6 is 11.6 Å². The van der Waals surface area contributed by atoms with Gasteiger partial charge in [0.25, 0.3) is 0 Å². The molecule has 2 aromatic carbocycles. The standard InChI is InChI=1S/C26H31ClN6O5/c1-6-33(16(2)18-9-13-19(37-5)14-10-18)25-30-23(27)29-24(31-25)28-21(22(34)35)15-17-7-11-20(12-8-17)38-26(36)32(3)4/h7-14,16,21H,6,15H2,1-5H3,(H,34,35)(H,28,29,30,31)/t16?,21-/m0/s1. The Hall–Kier alpha value is -4.12. The van der Waals surface area contributed by atoms with Gasteiger partial charge in [-0.2, -0.15) is 15.0 Å². The van der Waals surface area contributed by atoms with Crippen molar-refractivity contribution in [2.24, 2.45) is 0 Å². The minimum absolute atomic E-state index is 0.0457. The van der Waals surface area contributed by atoms with Crippen LogP contribution in [-0.4, -0.2) is 70.8 Å². The van der Waals surface area contributed by atoms with E-state index in [9.17, 15) is 14.7 Å². The minimum atomic E-state index is -1.09. The van der Waals surface area contributed by atoms with E-state index in [4.69, 9.17) is 21.1 Å². The summed E-state index contributed by atoms with van der Waals surface area (Å²) >= 11 is 6.21. The maximum atomic E-state index is 12.0. The molecule has 0 aliphatic heterocycles. The monoisotopic (exact) mass is 542 g/mol. The largest absolute Gasteiger partial charge is 0.497 e. The summed E-state index contributed by atoms with van der Waals surface area (Å²) in [6.07, 6.45) is -0.386. The Morgan fingerprint density at radius 3 is 2.21 bits per heavy atom. The van der Waals surface area contributed by atoms with E-state index in [1.165, 1.54) is 4.90 Å². The number of amides is 1. The SMILES string of the molecule is CCN(c1nc(Cl)nc(N[C@@H](Cc2ccc(OC(=O)N(C)C)cc2)C(=O)O)n1)C(C)c1ccc(OC)cc1. The molecule has 0 bridgehead atoms. The number of ether oxygens (including phenoxy) is 2. The zero-order chi connectivity index (χ0) is 27.8. The first-order valence-electron chi connectivity index (χ1n) is 11.9. The Labute approximate surface area is 226 Å². The molecule has 12 heteroatoms. The van der Waals surface area contributed by atoms with E-state index in [1.54, 1.807) is 45.5 Å². The Morgan fingerprint density at radius 1 is 1.03 bits per heavy atom. The Kier molecular flexibility index (Phi) is 9.66. The number of hydrogen-bond acceptors (Lipinski definition) is 9. The Morgan fingerprint density at radius 2 is 1.66 bits per heavy atom. The van der Waals surface area contributed by atoms with Crippen LogP contribution in [0, 0.1) is 0 Å². The number of carboxylic acid groups (broad SMARTS) is 1. The van der Waals surface area contributed by atoms with Gasteiger partial charge < -0.3 is 29.7 Å². The van der Waals surface area contributed by atoms with E-state index in [2.05, 4.69) is 20.3 Å². The topological polar surface area (TPSA) is 130 Å². The number of benzene rings is 2. The second-order valence-corrected chi connectivity index (χ2v) is 8.95.